The van der Waals surface area contributed by atoms with Gasteiger partial charge in [0.15, 0.2) is 5.65 Å². The molecule has 0 spiro atoms. The predicted molar refractivity (Wildman–Crippen MR) is 80.1 cm³/mol. The van der Waals surface area contributed by atoms with Gasteiger partial charge < -0.3 is 5.73 Å². The lowest BCUT2D eigenvalue weighted by Crippen LogP contribution is -2.32. The van der Waals surface area contributed by atoms with Gasteiger partial charge in [-0.1, -0.05) is 20.8 Å². The fourth-order valence-corrected chi connectivity index (χ4v) is 3.08. The van der Waals surface area contributed by atoms with Gasteiger partial charge in [0, 0.05) is 11.7 Å². The zero-order chi connectivity index (χ0) is 14.4. The summed E-state index contributed by atoms with van der Waals surface area (Å²) in [6.45, 7) is 13.1. The second-order valence-electron chi connectivity index (χ2n) is 7.16. The van der Waals surface area contributed by atoms with Crippen molar-refractivity contribution in [2.75, 3.05) is 5.73 Å². The minimum atomic E-state index is -0.113. The Bertz CT molecular complexity index is 602. The van der Waals surface area contributed by atoms with E-state index in [2.05, 4.69) is 49.2 Å². The Labute approximate surface area is 115 Å². The molecule has 0 unspecified atom stereocenters. The van der Waals surface area contributed by atoms with Crippen molar-refractivity contribution in [3.63, 3.8) is 0 Å². The molecule has 4 heteroatoms. The van der Waals surface area contributed by atoms with Crippen molar-refractivity contribution in [3.05, 3.63) is 17.8 Å². The minimum Gasteiger partial charge on any atom is -0.369 e. The van der Waals surface area contributed by atoms with Crippen molar-refractivity contribution < 1.29 is 0 Å². The number of fused-ring (bicyclic) bond motifs is 1. The Balaban J connectivity index is 2.62. The van der Waals surface area contributed by atoms with E-state index < -0.39 is 0 Å². The van der Waals surface area contributed by atoms with Gasteiger partial charge in [0.25, 0.3) is 0 Å². The first-order valence-electron chi connectivity index (χ1n) is 6.72. The second kappa shape index (κ2) is 4.22. The van der Waals surface area contributed by atoms with Crippen molar-refractivity contribution in [3.8, 4) is 0 Å². The van der Waals surface area contributed by atoms with E-state index in [-0.39, 0.29) is 11.0 Å². The number of anilines is 1. The normalized spacial score (nSPS) is 13.2. The molecule has 0 aliphatic rings. The van der Waals surface area contributed by atoms with Crippen LogP contribution in [0.3, 0.4) is 0 Å². The summed E-state index contributed by atoms with van der Waals surface area (Å²) in [6.07, 6.45) is 2.83. The van der Waals surface area contributed by atoms with Crippen LogP contribution in [0.25, 0.3) is 11.2 Å². The highest BCUT2D eigenvalue weighted by Crippen LogP contribution is 2.36. The molecule has 0 aliphatic heterocycles. The number of imidazole rings is 1. The summed E-state index contributed by atoms with van der Waals surface area (Å²) in [4.78, 5) is 8.97. The Morgan fingerprint density at radius 3 is 2.42 bits per heavy atom. The van der Waals surface area contributed by atoms with Gasteiger partial charge in [0.05, 0.1) is 0 Å². The van der Waals surface area contributed by atoms with E-state index in [1.54, 1.807) is 0 Å². The van der Waals surface area contributed by atoms with Crippen LogP contribution >= 0.6 is 0 Å². The van der Waals surface area contributed by atoms with Gasteiger partial charge in [0.2, 0.25) is 5.95 Å². The maximum atomic E-state index is 6.14. The van der Waals surface area contributed by atoms with Gasteiger partial charge >= 0.3 is 0 Å². The van der Waals surface area contributed by atoms with Crippen LogP contribution in [0.5, 0.6) is 0 Å². The molecule has 19 heavy (non-hydrogen) atoms. The zero-order valence-electron chi connectivity index (χ0n) is 12.8. The van der Waals surface area contributed by atoms with Crippen LogP contribution in [0.15, 0.2) is 12.3 Å². The summed E-state index contributed by atoms with van der Waals surface area (Å²) >= 11 is 0. The number of nitrogen functional groups attached to an aromatic ring is 1. The summed E-state index contributed by atoms with van der Waals surface area (Å²) in [5, 5.41) is 0. The van der Waals surface area contributed by atoms with Crippen LogP contribution in [0.2, 0.25) is 0 Å². The van der Waals surface area contributed by atoms with Gasteiger partial charge in [-0.3, -0.25) is 4.57 Å². The number of aryl methyl sites for hydroxylation is 1. The molecule has 2 heterocycles. The van der Waals surface area contributed by atoms with Gasteiger partial charge in [-0.2, -0.15) is 0 Å². The van der Waals surface area contributed by atoms with Crippen LogP contribution in [-0.2, 0) is 5.54 Å². The number of rotatable bonds is 2. The first kappa shape index (κ1) is 13.8. The summed E-state index contributed by atoms with van der Waals surface area (Å²) in [6, 6.07) is 1.97. The molecule has 0 aliphatic carbocycles. The minimum absolute atomic E-state index is 0.113. The third kappa shape index (κ3) is 2.57. The van der Waals surface area contributed by atoms with Crippen molar-refractivity contribution >= 4 is 17.1 Å². The molecule has 0 saturated carbocycles. The lowest BCUT2D eigenvalue weighted by atomic mass is 9.81. The van der Waals surface area contributed by atoms with Crippen LogP contribution in [0.4, 0.5) is 5.95 Å². The monoisotopic (exact) mass is 260 g/mol. The number of aromatic nitrogens is 3. The average Bonchev–Trinajstić information content (AvgIpc) is 2.52. The summed E-state index contributed by atoms with van der Waals surface area (Å²) in [5.74, 6) is 0.547. The SMILES string of the molecule is Cc1ccnc2c1nc(N)n2C(C)(C)CC(C)(C)C. The van der Waals surface area contributed by atoms with E-state index in [9.17, 15) is 0 Å². The highest BCUT2D eigenvalue weighted by molar-refractivity contribution is 5.77. The maximum absolute atomic E-state index is 6.14. The van der Waals surface area contributed by atoms with Crippen molar-refractivity contribution in [2.45, 2.75) is 53.5 Å². The molecule has 0 amide bonds. The maximum Gasteiger partial charge on any atom is 0.202 e. The summed E-state index contributed by atoms with van der Waals surface area (Å²) in [7, 11) is 0. The molecule has 104 valence electrons. The van der Waals surface area contributed by atoms with Crippen LogP contribution < -0.4 is 5.73 Å². The Morgan fingerprint density at radius 1 is 1.21 bits per heavy atom. The number of nitrogens with two attached hydrogens (primary N) is 1. The number of hydrogen-bond donors (Lipinski definition) is 1. The van der Waals surface area contributed by atoms with E-state index >= 15 is 0 Å². The molecule has 2 aromatic heterocycles. The molecule has 2 rings (SSSR count). The molecule has 0 aromatic carbocycles. The highest BCUT2D eigenvalue weighted by atomic mass is 15.2. The largest absolute Gasteiger partial charge is 0.369 e. The average molecular weight is 260 g/mol. The second-order valence-corrected chi connectivity index (χ2v) is 7.16. The molecule has 0 bridgehead atoms. The molecular weight excluding hydrogens is 236 g/mol. The number of nitrogens with zero attached hydrogens (tertiary/aromatic N) is 3. The van der Waals surface area contributed by atoms with E-state index in [1.807, 2.05) is 19.2 Å². The first-order valence-corrected chi connectivity index (χ1v) is 6.72. The molecule has 0 fully saturated rings. The Hall–Kier alpha value is -1.58. The predicted octanol–water partition coefficient (Wildman–Crippen LogP) is 3.49. The molecular formula is C15H24N4. The lowest BCUT2D eigenvalue weighted by molar-refractivity contribution is 0.221. The third-order valence-corrected chi connectivity index (χ3v) is 3.34. The van der Waals surface area contributed by atoms with Crippen LogP contribution in [0, 0.1) is 12.3 Å². The fraction of sp³-hybridized carbons (Fsp3) is 0.600. The summed E-state index contributed by atoms with van der Waals surface area (Å²) < 4.78 is 2.07. The first-order chi connectivity index (χ1) is 8.62. The lowest BCUT2D eigenvalue weighted by Gasteiger charge is -2.34. The van der Waals surface area contributed by atoms with Crippen LogP contribution in [-0.4, -0.2) is 14.5 Å². The number of pyridine rings is 1. The van der Waals surface area contributed by atoms with E-state index in [1.165, 1.54) is 0 Å². The van der Waals surface area contributed by atoms with Gasteiger partial charge in [-0.15, -0.1) is 0 Å². The third-order valence-electron chi connectivity index (χ3n) is 3.34. The van der Waals surface area contributed by atoms with Crippen LogP contribution in [0.1, 0.15) is 46.6 Å². The van der Waals surface area contributed by atoms with E-state index in [4.69, 9.17) is 5.73 Å². The van der Waals surface area contributed by atoms with Gasteiger partial charge in [0.1, 0.15) is 5.52 Å². The van der Waals surface area contributed by atoms with Crippen molar-refractivity contribution in [2.24, 2.45) is 5.41 Å². The van der Waals surface area contributed by atoms with Crippen molar-refractivity contribution in [1.29, 1.82) is 0 Å². The summed E-state index contributed by atoms with van der Waals surface area (Å²) in [5.41, 5.74) is 9.14. The zero-order valence-corrected chi connectivity index (χ0v) is 12.8. The van der Waals surface area contributed by atoms with Gasteiger partial charge in [-0.25, -0.2) is 9.97 Å². The highest BCUT2D eigenvalue weighted by Gasteiger charge is 2.31. The van der Waals surface area contributed by atoms with E-state index in [0.29, 0.717) is 5.95 Å². The number of hydrogen-bond acceptors (Lipinski definition) is 3. The molecule has 4 nitrogen and oxygen atoms in total. The topological polar surface area (TPSA) is 56.7 Å². The van der Waals surface area contributed by atoms with E-state index in [0.717, 1.165) is 23.1 Å². The van der Waals surface area contributed by atoms with Gasteiger partial charge in [-0.05, 0) is 44.2 Å². The van der Waals surface area contributed by atoms with Crippen molar-refractivity contribution in [1.82, 2.24) is 14.5 Å². The fourth-order valence-electron chi connectivity index (χ4n) is 3.08. The molecule has 2 aromatic rings. The quantitative estimate of drug-likeness (QED) is 0.899. The molecule has 0 radical (unpaired) electrons. The molecule has 0 atom stereocenters. The molecule has 2 N–H and O–H groups in total. The molecule has 0 saturated heterocycles. The Morgan fingerprint density at radius 2 is 1.84 bits per heavy atom. The Kier molecular flexibility index (Phi) is 3.07. The smallest absolute Gasteiger partial charge is 0.202 e. The standard InChI is InChI=1S/C15H24N4/c1-10-7-8-17-12-11(10)18-13(16)19(12)15(5,6)9-14(2,3)4/h7-8H,9H2,1-6H3,(H2,16,18).